The standard InChI is InChI=1S/C17H20N2O5S.K/c1-9-4-6-10(7-5-9)24-8-11(20)18-12-14(21)19-13(16(22)23)17(2,3)25-15(12)19;/h4-7,12-13,15H,8H2,1-3H3,(H,18,20)(H,22,23);/q;+1/p-1/t12-,13+,15-;/m1./s1. The summed E-state index contributed by atoms with van der Waals surface area (Å²) in [6.07, 6.45) is 0. The van der Waals surface area contributed by atoms with Crippen molar-refractivity contribution >= 4 is 29.5 Å². The SMILES string of the molecule is Cc1ccc(OCC(=O)N[C@@H]2C(=O)N3[C@@H]2SC(C)(C)[C@@H]3C(=O)[O-])cc1.[K+]. The molecule has 0 aliphatic carbocycles. The van der Waals surface area contributed by atoms with Gasteiger partial charge in [-0.05, 0) is 32.9 Å². The minimum Gasteiger partial charge on any atom is -0.548 e. The van der Waals surface area contributed by atoms with Gasteiger partial charge in [-0.3, -0.25) is 9.59 Å². The zero-order valence-corrected chi connectivity index (χ0v) is 19.1. The quantitative estimate of drug-likeness (QED) is 0.409. The van der Waals surface area contributed by atoms with Gasteiger partial charge in [0, 0.05) is 4.75 Å². The van der Waals surface area contributed by atoms with Gasteiger partial charge in [0.05, 0.1) is 12.0 Å². The molecule has 2 aliphatic rings. The number of nitrogens with zero attached hydrogens (tertiary/aromatic N) is 1. The Morgan fingerprint density at radius 3 is 2.50 bits per heavy atom. The summed E-state index contributed by atoms with van der Waals surface area (Å²) in [5.74, 6) is -1.54. The van der Waals surface area contributed by atoms with Gasteiger partial charge in [-0.15, -0.1) is 11.8 Å². The summed E-state index contributed by atoms with van der Waals surface area (Å²) in [6, 6.07) is 5.54. The maximum atomic E-state index is 12.3. The van der Waals surface area contributed by atoms with E-state index in [1.165, 1.54) is 16.7 Å². The van der Waals surface area contributed by atoms with E-state index in [0.717, 1.165) is 5.56 Å². The van der Waals surface area contributed by atoms with Crippen LogP contribution >= 0.6 is 11.8 Å². The third kappa shape index (κ3) is 4.12. The molecule has 1 aromatic carbocycles. The molecule has 2 aliphatic heterocycles. The van der Waals surface area contributed by atoms with Gasteiger partial charge in [-0.25, -0.2) is 0 Å². The van der Waals surface area contributed by atoms with Crippen molar-refractivity contribution in [3.63, 3.8) is 0 Å². The summed E-state index contributed by atoms with van der Waals surface area (Å²) in [5, 5.41) is 13.6. The zero-order chi connectivity index (χ0) is 18.4. The number of carboxylic acids is 1. The van der Waals surface area contributed by atoms with E-state index in [4.69, 9.17) is 4.74 Å². The van der Waals surface area contributed by atoms with Gasteiger partial charge in [0.25, 0.3) is 5.91 Å². The molecule has 0 spiro atoms. The van der Waals surface area contributed by atoms with E-state index in [1.807, 2.05) is 19.1 Å². The van der Waals surface area contributed by atoms with Crippen molar-refractivity contribution in [1.82, 2.24) is 10.2 Å². The van der Waals surface area contributed by atoms with E-state index in [9.17, 15) is 19.5 Å². The molecule has 1 N–H and O–H groups in total. The van der Waals surface area contributed by atoms with Crippen LogP contribution in [0.1, 0.15) is 19.4 Å². The summed E-state index contributed by atoms with van der Waals surface area (Å²) >= 11 is 1.35. The monoisotopic (exact) mass is 402 g/mol. The van der Waals surface area contributed by atoms with Crippen LogP contribution in [0.15, 0.2) is 24.3 Å². The summed E-state index contributed by atoms with van der Waals surface area (Å²) in [6.45, 7) is 5.24. The number of hydrogen-bond acceptors (Lipinski definition) is 6. The fourth-order valence-electron chi connectivity index (χ4n) is 3.12. The van der Waals surface area contributed by atoms with Gasteiger partial charge in [0.15, 0.2) is 6.61 Å². The number of ether oxygens (including phenoxy) is 1. The third-order valence-corrected chi connectivity index (χ3v) is 5.94. The second-order valence-corrected chi connectivity index (χ2v) is 8.50. The molecule has 1 aromatic rings. The van der Waals surface area contributed by atoms with Crippen LogP contribution in [-0.4, -0.2) is 51.5 Å². The maximum absolute atomic E-state index is 12.3. The Morgan fingerprint density at radius 2 is 1.92 bits per heavy atom. The molecule has 0 saturated carbocycles. The zero-order valence-electron chi connectivity index (χ0n) is 15.1. The molecule has 0 aromatic heterocycles. The molecular formula is C17H19KN2O5S. The van der Waals surface area contributed by atoms with Crippen molar-refractivity contribution in [2.24, 2.45) is 0 Å². The first-order chi connectivity index (χ1) is 11.7. The second kappa shape index (κ2) is 8.20. The van der Waals surface area contributed by atoms with Gasteiger partial charge >= 0.3 is 51.4 Å². The van der Waals surface area contributed by atoms with E-state index >= 15 is 0 Å². The summed E-state index contributed by atoms with van der Waals surface area (Å²) in [4.78, 5) is 36.9. The summed E-state index contributed by atoms with van der Waals surface area (Å²) in [7, 11) is 0. The number of β-lactam (4-membered cyclic amide) rings is 1. The van der Waals surface area contributed by atoms with Crippen LogP contribution in [-0.2, 0) is 14.4 Å². The van der Waals surface area contributed by atoms with Crippen LogP contribution in [0.2, 0.25) is 0 Å². The molecule has 3 atom stereocenters. The van der Waals surface area contributed by atoms with Gasteiger partial charge in [0.2, 0.25) is 5.91 Å². The fourth-order valence-corrected chi connectivity index (χ4v) is 4.75. The van der Waals surface area contributed by atoms with Crippen LogP contribution < -0.4 is 66.5 Å². The number of benzene rings is 1. The van der Waals surface area contributed by atoms with Gasteiger partial charge < -0.3 is 24.9 Å². The van der Waals surface area contributed by atoms with Crippen molar-refractivity contribution in [2.75, 3.05) is 6.61 Å². The Balaban J connectivity index is 0.00000243. The molecular weight excluding hydrogens is 383 g/mol. The number of nitrogens with one attached hydrogen (secondary N) is 1. The number of carbonyl (C=O) groups is 3. The number of carbonyl (C=O) groups excluding carboxylic acids is 3. The Kier molecular flexibility index (Phi) is 6.84. The predicted molar refractivity (Wildman–Crippen MR) is 89.7 cm³/mol. The molecule has 2 saturated heterocycles. The fraction of sp³-hybridized carbons (Fsp3) is 0.471. The van der Waals surface area contributed by atoms with Gasteiger partial charge in [-0.2, -0.15) is 0 Å². The molecule has 0 bridgehead atoms. The summed E-state index contributed by atoms with van der Waals surface area (Å²) < 4.78 is 4.72. The van der Waals surface area contributed by atoms with Crippen LogP contribution in [0.25, 0.3) is 0 Å². The minimum absolute atomic E-state index is 0. The largest absolute Gasteiger partial charge is 1.00 e. The summed E-state index contributed by atoms with van der Waals surface area (Å²) in [5.41, 5.74) is 1.08. The van der Waals surface area contributed by atoms with E-state index in [1.54, 1.807) is 26.0 Å². The first-order valence-corrected chi connectivity index (χ1v) is 8.78. The van der Waals surface area contributed by atoms with E-state index in [0.29, 0.717) is 5.75 Å². The molecule has 0 radical (unpaired) electrons. The molecule has 2 heterocycles. The van der Waals surface area contributed by atoms with Crippen molar-refractivity contribution in [3.8, 4) is 5.75 Å². The number of fused-ring (bicyclic) bond motifs is 1. The third-order valence-electron chi connectivity index (χ3n) is 4.37. The number of aryl methyl sites for hydroxylation is 1. The molecule has 7 nitrogen and oxygen atoms in total. The van der Waals surface area contributed by atoms with E-state index in [2.05, 4.69) is 5.32 Å². The van der Waals surface area contributed by atoms with Crippen LogP contribution in [0.4, 0.5) is 0 Å². The molecule has 3 rings (SSSR count). The first kappa shape index (κ1) is 21.7. The van der Waals surface area contributed by atoms with Gasteiger partial charge in [0.1, 0.15) is 17.2 Å². The van der Waals surface area contributed by atoms with Crippen molar-refractivity contribution in [3.05, 3.63) is 29.8 Å². The van der Waals surface area contributed by atoms with Crippen molar-refractivity contribution in [2.45, 2.75) is 43.0 Å². The number of aliphatic carboxylic acids is 1. The number of hydrogen-bond donors (Lipinski definition) is 1. The topological polar surface area (TPSA) is 98.8 Å². The smallest absolute Gasteiger partial charge is 0.548 e. The Labute approximate surface area is 198 Å². The Bertz CT molecular complexity index is 724. The predicted octanol–water partition coefficient (Wildman–Crippen LogP) is -3.33. The molecule has 9 heteroatoms. The number of carboxylic acid groups (broad SMARTS) is 1. The Hall–Kier alpha value is -0.584. The number of thioether (sulfide) groups is 1. The van der Waals surface area contributed by atoms with E-state index < -0.39 is 40.0 Å². The minimum atomic E-state index is -1.28. The molecule has 2 amide bonds. The van der Waals surface area contributed by atoms with Crippen molar-refractivity contribution in [1.29, 1.82) is 0 Å². The molecule has 0 unspecified atom stereocenters. The number of amides is 2. The van der Waals surface area contributed by atoms with Crippen LogP contribution in [0, 0.1) is 6.92 Å². The second-order valence-electron chi connectivity index (χ2n) is 6.73. The average molecular weight is 403 g/mol. The number of rotatable bonds is 5. The maximum Gasteiger partial charge on any atom is 1.00 e. The van der Waals surface area contributed by atoms with E-state index in [-0.39, 0.29) is 58.0 Å². The molecule has 26 heavy (non-hydrogen) atoms. The Morgan fingerprint density at radius 1 is 1.31 bits per heavy atom. The van der Waals surface area contributed by atoms with Crippen LogP contribution in [0.5, 0.6) is 5.75 Å². The van der Waals surface area contributed by atoms with Gasteiger partial charge in [-0.1, -0.05) is 17.7 Å². The average Bonchev–Trinajstić information content (AvgIpc) is 2.80. The van der Waals surface area contributed by atoms with Crippen LogP contribution in [0.3, 0.4) is 0 Å². The normalized spacial score (nSPS) is 25.6. The van der Waals surface area contributed by atoms with Crippen molar-refractivity contribution < 1.29 is 75.6 Å². The molecule has 134 valence electrons. The molecule has 2 fully saturated rings. The first-order valence-electron chi connectivity index (χ1n) is 7.90.